The fraction of sp³-hybridized carbons (Fsp3) is 0.476. The molecule has 4 rings (SSSR count). The molecule has 142 valence electrons. The van der Waals surface area contributed by atoms with E-state index in [1.807, 2.05) is 64.1 Å². The minimum absolute atomic E-state index is 0.367. The van der Waals surface area contributed by atoms with Gasteiger partial charge in [-0.05, 0) is 58.6 Å². The lowest BCUT2D eigenvalue weighted by Crippen LogP contribution is -2.41. The van der Waals surface area contributed by atoms with Gasteiger partial charge in [-0.1, -0.05) is 12.1 Å². The molecular weight excluding hydrogens is 341 g/mol. The molecule has 1 saturated heterocycles. The van der Waals surface area contributed by atoms with Crippen molar-refractivity contribution in [2.75, 3.05) is 6.61 Å². The lowest BCUT2D eigenvalue weighted by molar-refractivity contribution is 0.00578. The van der Waals surface area contributed by atoms with Gasteiger partial charge in [-0.15, -0.1) is 0 Å². The van der Waals surface area contributed by atoms with E-state index >= 15 is 0 Å². The maximum absolute atomic E-state index is 6.06. The van der Waals surface area contributed by atoms with Crippen LogP contribution in [-0.4, -0.2) is 29.9 Å². The molecule has 2 aromatic rings. The van der Waals surface area contributed by atoms with Crippen LogP contribution in [-0.2, 0) is 9.31 Å². The molecule has 2 fully saturated rings. The predicted octanol–water partition coefficient (Wildman–Crippen LogP) is 3.96. The largest absolute Gasteiger partial charge is 0.496 e. The number of benzene rings is 1. The van der Waals surface area contributed by atoms with Gasteiger partial charge in [0.1, 0.15) is 11.5 Å². The Labute approximate surface area is 161 Å². The third kappa shape index (κ3) is 4.12. The highest BCUT2D eigenvalue weighted by molar-refractivity contribution is 6.62. The molecule has 0 unspecified atom stereocenters. The van der Waals surface area contributed by atoms with Crippen LogP contribution >= 0.6 is 0 Å². The lowest BCUT2D eigenvalue weighted by Gasteiger charge is -2.32. The molecule has 2 heterocycles. The molecule has 0 N–H and O–H groups in total. The van der Waals surface area contributed by atoms with Crippen molar-refractivity contribution < 1.29 is 18.8 Å². The first-order chi connectivity index (χ1) is 12.8. The zero-order chi connectivity index (χ0) is 19.1. The van der Waals surface area contributed by atoms with Gasteiger partial charge in [-0.2, -0.15) is 0 Å². The summed E-state index contributed by atoms with van der Waals surface area (Å²) < 4.78 is 23.8. The third-order valence-corrected chi connectivity index (χ3v) is 5.50. The fourth-order valence-corrected chi connectivity index (χ4v) is 2.82. The zero-order valence-electron chi connectivity index (χ0n) is 16.4. The second kappa shape index (κ2) is 6.84. The van der Waals surface area contributed by atoms with Crippen LogP contribution in [0.5, 0.6) is 17.4 Å². The van der Waals surface area contributed by atoms with Gasteiger partial charge in [0.05, 0.1) is 17.8 Å². The van der Waals surface area contributed by atoms with Crippen molar-refractivity contribution in [3.05, 3.63) is 42.6 Å². The molecule has 0 amide bonds. The number of aromatic nitrogens is 1. The van der Waals surface area contributed by atoms with E-state index in [0.29, 0.717) is 11.6 Å². The van der Waals surface area contributed by atoms with E-state index in [1.165, 1.54) is 12.8 Å². The van der Waals surface area contributed by atoms with E-state index in [0.717, 1.165) is 23.7 Å². The summed E-state index contributed by atoms with van der Waals surface area (Å²) in [5.41, 5.74) is 0.143. The number of nitrogens with zero attached hydrogens (tertiary/aromatic N) is 1. The Bertz CT molecular complexity index is 786. The molecule has 27 heavy (non-hydrogen) atoms. The maximum atomic E-state index is 6.06. The van der Waals surface area contributed by atoms with Crippen molar-refractivity contribution in [3.63, 3.8) is 0 Å². The van der Waals surface area contributed by atoms with E-state index in [-0.39, 0.29) is 11.2 Å². The van der Waals surface area contributed by atoms with Crippen LogP contribution in [0.15, 0.2) is 42.6 Å². The van der Waals surface area contributed by atoms with E-state index in [2.05, 4.69) is 4.98 Å². The fourth-order valence-electron chi connectivity index (χ4n) is 2.82. The van der Waals surface area contributed by atoms with Crippen LogP contribution < -0.4 is 14.9 Å². The van der Waals surface area contributed by atoms with E-state index in [4.69, 9.17) is 18.8 Å². The SMILES string of the molecule is CC1(C)OB(c2ccc(Oc3cccc(OCC4CC4)c3)nc2)OC1(C)C. The van der Waals surface area contributed by atoms with Crippen molar-refractivity contribution in [2.45, 2.75) is 51.7 Å². The Morgan fingerprint density at radius 1 is 1.04 bits per heavy atom. The first-order valence-electron chi connectivity index (χ1n) is 9.55. The van der Waals surface area contributed by atoms with Crippen LogP contribution in [0.4, 0.5) is 0 Å². The predicted molar refractivity (Wildman–Crippen MR) is 105 cm³/mol. The number of rotatable bonds is 6. The summed E-state index contributed by atoms with van der Waals surface area (Å²) in [7, 11) is -0.421. The summed E-state index contributed by atoms with van der Waals surface area (Å²) >= 11 is 0. The Hall–Kier alpha value is -2.05. The van der Waals surface area contributed by atoms with Crippen LogP contribution in [0.25, 0.3) is 0 Å². The van der Waals surface area contributed by atoms with Crippen LogP contribution in [0.2, 0.25) is 0 Å². The number of ether oxygens (including phenoxy) is 2. The minimum Gasteiger partial charge on any atom is -0.493 e. The molecule has 5 nitrogen and oxygen atoms in total. The topological polar surface area (TPSA) is 49.8 Å². The second-order valence-corrected chi connectivity index (χ2v) is 8.35. The maximum Gasteiger partial charge on any atom is 0.496 e. The van der Waals surface area contributed by atoms with Crippen LogP contribution in [0.3, 0.4) is 0 Å². The number of pyridine rings is 1. The van der Waals surface area contributed by atoms with Gasteiger partial charge in [0.25, 0.3) is 0 Å². The van der Waals surface area contributed by atoms with E-state index in [9.17, 15) is 0 Å². The second-order valence-electron chi connectivity index (χ2n) is 8.35. The summed E-state index contributed by atoms with van der Waals surface area (Å²) in [6, 6.07) is 11.4. The summed E-state index contributed by atoms with van der Waals surface area (Å²) in [6.45, 7) is 8.93. The standard InChI is InChI=1S/C21H26BNO4/c1-20(2)21(3,4)27-22(26-20)16-10-11-19(23-13-16)25-18-7-5-6-17(12-18)24-14-15-8-9-15/h5-7,10-13,15H,8-9,14H2,1-4H3. The van der Waals surface area contributed by atoms with Crippen molar-refractivity contribution >= 4 is 12.6 Å². The average molecular weight is 367 g/mol. The van der Waals surface area contributed by atoms with Gasteiger partial charge in [0, 0.05) is 23.8 Å². The first kappa shape index (κ1) is 18.3. The third-order valence-electron chi connectivity index (χ3n) is 5.50. The van der Waals surface area contributed by atoms with Gasteiger partial charge >= 0.3 is 7.12 Å². The zero-order valence-corrected chi connectivity index (χ0v) is 16.4. The van der Waals surface area contributed by atoms with Crippen LogP contribution in [0, 0.1) is 5.92 Å². The first-order valence-corrected chi connectivity index (χ1v) is 9.55. The molecule has 0 atom stereocenters. The molecule has 2 aliphatic rings. The summed E-state index contributed by atoms with van der Waals surface area (Å²) in [5.74, 6) is 2.78. The Balaban J connectivity index is 1.40. The highest BCUT2D eigenvalue weighted by atomic mass is 16.7. The summed E-state index contributed by atoms with van der Waals surface area (Å²) in [5, 5.41) is 0. The van der Waals surface area contributed by atoms with Gasteiger partial charge in [0.15, 0.2) is 0 Å². The monoisotopic (exact) mass is 367 g/mol. The van der Waals surface area contributed by atoms with Gasteiger partial charge in [-0.3, -0.25) is 0 Å². The van der Waals surface area contributed by atoms with Crippen molar-refractivity contribution in [2.24, 2.45) is 5.92 Å². The smallest absolute Gasteiger partial charge is 0.493 e. The van der Waals surface area contributed by atoms with E-state index in [1.54, 1.807) is 6.20 Å². The molecular formula is C21H26BNO4. The highest BCUT2D eigenvalue weighted by Crippen LogP contribution is 2.36. The quantitative estimate of drug-likeness (QED) is 0.724. The molecule has 1 aliphatic carbocycles. The molecule has 6 heteroatoms. The Morgan fingerprint density at radius 2 is 1.74 bits per heavy atom. The van der Waals surface area contributed by atoms with E-state index < -0.39 is 7.12 Å². The van der Waals surface area contributed by atoms with Gasteiger partial charge in [0.2, 0.25) is 5.88 Å². The number of hydrogen-bond acceptors (Lipinski definition) is 5. The van der Waals surface area contributed by atoms with Crippen molar-refractivity contribution in [1.82, 2.24) is 4.98 Å². The number of hydrogen-bond donors (Lipinski definition) is 0. The van der Waals surface area contributed by atoms with Gasteiger partial charge < -0.3 is 18.8 Å². The molecule has 1 aromatic heterocycles. The lowest BCUT2D eigenvalue weighted by atomic mass is 9.80. The van der Waals surface area contributed by atoms with Gasteiger partial charge in [-0.25, -0.2) is 4.98 Å². The molecule has 0 bridgehead atoms. The summed E-state index contributed by atoms with van der Waals surface area (Å²) in [4.78, 5) is 4.40. The normalized spacial score (nSPS) is 20.5. The van der Waals surface area contributed by atoms with Crippen molar-refractivity contribution in [1.29, 1.82) is 0 Å². The summed E-state index contributed by atoms with van der Waals surface area (Å²) in [6.07, 6.45) is 4.29. The molecule has 1 saturated carbocycles. The molecule has 1 aliphatic heterocycles. The molecule has 0 spiro atoms. The van der Waals surface area contributed by atoms with Crippen LogP contribution in [0.1, 0.15) is 40.5 Å². The minimum atomic E-state index is -0.421. The Morgan fingerprint density at radius 3 is 2.37 bits per heavy atom. The molecule has 0 radical (unpaired) electrons. The average Bonchev–Trinajstić information content (AvgIpc) is 3.41. The van der Waals surface area contributed by atoms with Crippen molar-refractivity contribution in [3.8, 4) is 17.4 Å². The Kier molecular flexibility index (Phi) is 4.64. The molecule has 1 aromatic carbocycles. The highest BCUT2D eigenvalue weighted by Gasteiger charge is 2.51.